The average molecular weight is 633 g/mol. The highest BCUT2D eigenvalue weighted by Gasteiger charge is 2.27. The molecule has 1 aliphatic rings. The molecule has 0 spiro atoms. The third-order valence-electron chi connectivity index (χ3n) is 6.47. The Kier molecular flexibility index (Phi) is 15.3. The summed E-state index contributed by atoms with van der Waals surface area (Å²) < 4.78 is 11.8. The van der Waals surface area contributed by atoms with Crippen molar-refractivity contribution in [3.63, 3.8) is 0 Å². The maximum Gasteiger partial charge on any atom is 0.410 e. The third-order valence-corrected chi connectivity index (χ3v) is 6.47. The highest BCUT2D eigenvalue weighted by Crippen LogP contribution is 2.25. The Morgan fingerprint density at radius 2 is 1.64 bits per heavy atom. The summed E-state index contributed by atoms with van der Waals surface area (Å²) >= 11 is 0. The van der Waals surface area contributed by atoms with Crippen molar-refractivity contribution in [2.45, 2.75) is 51.9 Å². The first-order chi connectivity index (χ1) is 18.8. The molecule has 0 radical (unpaired) electrons. The van der Waals surface area contributed by atoms with E-state index in [1.54, 1.807) is 4.90 Å². The molecule has 0 N–H and O–H groups in total. The Bertz CT molecular complexity index is 1300. The van der Waals surface area contributed by atoms with Crippen molar-refractivity contribution in [1.82, 2.24) is 4.90 Å². The van der Waals surface area contributed by atoms with Crippen LogP contribution in [0.15, 0.2) is 84.9 Å². The van der Waals surface area contributed by atoms with Crippen molar-refractivity contribution in [3.05, 3.63) is 102 Å². The summed E-state index contributed by atoms with van der Waals surface area (Å²) in [5.74, 6) is 0.831. The molecule has 3 aromatic carbocycles. The van der Waals surface area contributed by atoms with Crippen molar-refractivity contribution < 1.29 is 14.3 Å². The number of nitriles is 1. The Hall–Kier alpha value is -3.37. The van der Waals surface area contributed by atoms with Gasteiger partial charge in [-0.05, 0) is 68.3 Å². The van der Waals surface area contributed by atoms with Crippen LogP contribution in [0.5, 0.6) is 5.75 Å². The van der Waals surface area contributed by atoms with Crippen LogP contribution in [0, 0.1) is 11.3 Å². The predicted octanol–water partition coefficient (Wildman–Crippen LogP) is 8.32. The van der Waals surface area contributed by atoms with Crippen LogP contribution in [-0.2, 0) is 11.3 Å². The molecule has 9 heteroatoms. The van der Waals surface area contributed by atoms with E-state index in [1.807, 2.05) is 63.2 Å². The van der Waals surface area contributed by atoms with E-state index in [9.17, 15) is 10.1 Å². The van der Waals surface area contributed by atoms with Gasteiger partial charge < -0.3 is 19.3 Å². The minimum atomic E-state index is -0.487. The fourth-order valence-electron chi connectivity index (χ4n) is 4.50. The smallest absolute Gasteiger partial charge is 0.410 e. The third kappa shape index (κ3) is 11.5. The minimum absolute atomic E-state index is 0. The van der Waals surface area contributed by atoms with Gasteiger partial charge in [0, 0.05) is 44.7 Å². The van der Waals surface area contributed by atoms with E-state index in [0.29, 0.717) is 18.7 Å². The number of piperidine rings is 1. The molecule has 1 aliphatic heterocycles. The summed E-state index contributed by atoms with van der Waals surface area (Å²) in [6, 6.07) is 28.4. The van der Waals surface area contributed by atoms with Gasteiger partial charge in [0.2, 0.25) is 0 Å². The zero-order valence-electron chi connectivity index (χ0n) is 24.3. The van der Waals surface area contributed by atoms with Crippen LogP contribution in [0.2, 0.25) is 0 Å². The van der Waals surface area contributed by atoms with E-state index in [1.165, 1.54) is 5.56 Å². The van der Waals surface area contributed by atoms with Gasteiger partial charge in [-0.2, -0.15) is 5.26 Å². The van der Waals surface area contributed by atoms with E-state index in [-0.39, 0.29) is 49.4 Å². The first kappa shape index (κ1) is 36.7. The van der Waals surface area contributed by atoms with Crippen LogP contribution in [-0.4, -0.2) is 42.3 Å². The number of rotatable bonds is 8. The normalized spacial score (nSPS) is 13.1. The number of anilines is 1. The molecule has 3 aromatic rings. The molecule has 0 aliphatic carbocycles. The van der Waals surface area contributed by atoms with Crippen LogP contribution < -0.4 is 9.64 Å². The molecule has 4 rings (SSSR count). The van der Waals surface area contributed by atoms with E-state index >= 15 is 0 Å². The van der Waals surface area contributed by atoms with Crippen molar-refractivity contribution in [2.75, 3.05) is 24.5 Å². The highest BCUT2D eigenvalue weighted by molar-refractivity contribution is 5.86. The lowest BCUT2D eigenvalue weighted by atomic mass is 10.1. The number of ether oxygens (including phenoxy) is 2. The molecule has 1 saturated heterocycles. The van der Waals surface area contributed by atoms with Crippen molar-refractivity contribution >= 4 is 55.1 Å². The molecular formula is C33H40Cl3N3O3. The number of benzene rings is 3. The van der Waals surface area contributed by atoms with Crippen LogP contribution >= 0.6 is 37.2 Å². The number of carbonyl (C=O) groups is 1. The number of hydrogen-bond acceptors (Lipinski definition) is 5. The fraction of sp³-hybridized carbons (Fsp3) is 0.333. The largest absolute Gasteiger partial charge is 0.490 e. The summed E-state index contributed by atoms with van der Waals surface area (Å²) in [6.07, 6.45) is 5.55. The molecule has 1 heterocycles. The monoisotopic (exact) mass is 631 g/mol. The Morgan fingerprint density at radius 3 is 2.26 bits per heavy atom. The second kappa shape index (κ2) is 17.6. The molecule has 1 fully saturated rings. The minimum Gasteiger partial charge on any atom is -0.490 e. The summed E-state index contributed by atoms with van der Waals surface area (Å²) in [6.45, 7) is 8.41. The van der Waals surface area contributed by atoms with Gasteiger partial charge >= 0.3 is 6.09 Å². The van der Waals surface area contributed by atoms with Gasteiger partial charge in [-0.3, -0.25) is 0 Å². The van der Waals surface area contributed by atoms with E-state index in [2.05, 4.69) is 59.5 Å². The van der Waals surface area contributed by atoms with Gasteiger partial charge in [-0.25, -0.2) is 4.79 Å². The molecule has 0 saturated carbocycles. The molecule has 0 aromatic heterocycles. The molecular weight excluding hydrogens is 593 g/mol. The lowest BCUT2D eigenvalue weighted by molar-refractivity contribution is 0.0126. The molecule has 6 nitrogen and oxygen atoms in total. The summed E-state index contributed by atoms with van der Waals surface area (Å²) in [4.78, 5) is 16.4. The van der Waals surface area contributed by atoms with E-state index in [0.717, 1.165) is 42.9 Å². The van der Waals surface area contributed by atoms with E-state index < -0.39 is 5.60 Å². The Balaban J connectivity index is 0.00000294. The van der Waals surface area contributed by atoms with Gasteiger partial charge in [0.25, 0.3) is 0 Å². The zero-order valence-corrected chi connectivity index (χ0v) is 26.7. The lowest BCUT2D eigenvalue weighted by Crippen LogP contribution is -2.44. The van der Waals surface area contributed by atoms with E-state index in [4.69, 9.17) is 9.47 Å². The fourth-order valence-corrected chi connectivity index (χ4v) is 4.50. The predicted molar refractivity (Wildman–Crippen MR) is 177 cm³/mol. The molecule has 0 unspecified atom stereocenters. The molecule has 1 amide bonds. The van der Waals surface area contributed by atoms with Crippen LogP contribution in [0.1, 0.15) is 50.3 Å². The second-order valence-electron chi connectivity index (χ2n) is 10.8. The maximum absolute atomic E-state index is 12.3. The first-order valence-electron chi connectivity index (χ1n) is 13.5. The molecule has 0 atom stereocenters. The summed E-state index contributed by atoms with van der Waals surface area (Å²) in [5.41, 5.74) is 3.51. The Labute approximate surface area is 268 Å². The van der Waals surface area contributed by atoms with Gasteiger partial charge in [-0.1, -0.05) is 54.6 Å². The maximum atomic E-state index is 12.3. The first-order valence-corrected chi connectivity index (χ1v) is 13.5. The van der Waals surface area contributed by atoms with Crippen LogP contribution in [0.25, 0.3) is 6.08 Å². The number of carbonyl (C=O) groups excluding carboxylic acids is 1. The van der Waals surface area contributed by atoms with Gasteiger partial charge in [0.1, 0.15) is 17.5 Å². The number of halogens is 3. The lowest BCUT2D eigenvalue weighted by Gasteiger charge is -2.33. The summed E-state index contributed by atoms with van der Waals surface area (Å²) in [7, 11) is 0. The Morgan fingerprint density at radius 1 is 0.976 bits per heavy atom. The van der Waals surface area contributed by atoms with Crippen LogP contribution in [0.3, 0.4) is 0 Å². The standard InChI is InChI=1S/C33H37N3O3.3ClH/c1-33(2,3)39-32(37)35-21-18-31(19-22-35)38-30-16-14-29(15-17-30)36(25-27-9-5-4-6-10-27)20-8-13-26-11-7-12-28(23-26)24-34;;;/h4-17,23,31H,18-22,25H2,1-3H3;3*1H/b13-8+;;;. The molecule has 42 heavy (non-hydrogen) atoms. The SMILES string of the molecule is CC(C)(C)OC(=O)N1CCC(Oc2ccc(N(C/C=C/c3cccc(C#N)c3)Cc3ccccc3)cc2)CC1.Cl.Cl.Cl. The topological polar surface area (TPSA) is 65.8 Å². The average Bonchev–Trinajstić information content (AvgIpc) is 2.93. The van der Waals surface area contributed by atoms with Crippen molar-refractivity contribution in [2.24, 2.45) is 0 Å². The zero-order chi connectivity index (χ0) is 27.7. The van der Waals surface area contributed by atoms with Crippen molar-refractivity contribution in [1.29, 1.82) is 5.26 Å². The molecule has 0 bridgehead atoms. The molecule has 226 valence electrons. The quantitative estimate of drug-likeness (QED) is 0.250. The summed E-state index contributed by atoms with van der Waals surface area (Å²) in [5, 5.41) is 9.17. The van der Waals surface area contributed by atoms with Gasteiger partial charge in [0.05, 0.1) is 11.6 Å². The van der Waals surface area contributed by atoms with Crippen LogP contribution in [0.4, 0.5) is 10.5 Å². The highest BCUT2D eigenvalue weighted by atomic mass is 35.5. The van der Waals surface area contributed by atoms with Crippen molar-refractivity contribution in [3.8, 4) is 11.8 Å². The number of nitrogens with zero attached hydrogens (tertiary/aromatic N) is 3. The number of hydrogen-bond donors (Lipinski definition) is 0. The van der Waals surface area contributed by atoms with Gasteiger partial charge in [0.15, 0.2) is 0 Å². The van der Waals surface area contributed by atoms with Gasteiger partial charge in [-0.15, -0.1) is 37.2 Å². The second-order valence-corrected chi connectivity index (χ2v) is 10.8. The number of likely N-dealkylation sites (tertiary alicyclic amines) is 1. The number of amides is 1.